The van der Waals surface area contributed by atoms with Gasteiger partial charge in [0.25, 0.3) is 10.2 Å². The first-order chi connectivity index (χ1) is 23.6. The molecular weight excluding hydrogens is 648 g/mol. The molecule has 5 rings (SSSR count). The van der Waals surface area contributed by atoms with Gasteiger partial charge in [-0.05, 0) is 72.5 Å². The normalized spacial score (nSPS) is 22.0. The molecule has 49 heavy (non-hydrogen) atoms. The van der Waals surface area contributed by atoms with Gasteiger partial charge >= 0.3 is 0 Å². The summed E-state index contributed by atoms with van der Waals surface area (Å²) in [5.74, 6) is 0.919. The summed E-state index contributed by atoms with van der Waals surface area (Å²) in [5.41, 5.74) is 2.92. The molecule has 0 unspecified atom stereocenters. The SMILES string of the molecule is C/C(=N/O)c1cccc(CN2[C@@H](COc3ccccc3)[C@@H](O)[C@H](O)[C@H](COc3ccccc3)N(Cc3cccc(/C(C)=N/O)c3)S2(=O)=O)c1. The van der Waals surface area contributed by atoms with E-state index < -0.39 is 34.5 Å². The lowest BCUT2D eigenvalue weighted by Crippen LogP contribution is -2.52. The summed E-state index contributed by atoms with van der Waals surface area (Å²) in [5, 5.41) is 49.0. The van der Waals surface area contributed by atoms with E-state index in [1.54, 1.807) is 111 Å². The van der Waals surface area contributed by atoms with Crippen LogP contribution in [0.3, 0.4) is 0 Å². The van der Waals surface area contributed by atoms with Crippen molar-refractivity contribution in [2.45, 2.75) is 51.2 Å². The quantitative estimate of drug-likeness (QED) is 0.0974. The van der Waals surface area contributed by atoms with E-state index in [0.29, 0.717) is 45.2 Å². The Morgan fingerprint density at radius 2 is 1.02 bits per heavy atom. The summed E-state index contributed by atoms with van der Waals surface area (Å²) in [4.78, 5) is 0. The molecule has 1 heterocycles. The highest BCUT2D eigenvalue weighted by Gasteiger charge is 2.51. The Bertz CT molecular complexity index is 1730. The number of oxime groups is 2. The second-order valence-electron chi connectivity index (χ2n) is 11.7. The van der Waals surface area contributed by atoms with Crippen LogP contribution in [0.1, 0.15) is 36.1 Å². The van der Waals surface area contributed by atoms with Crippen molar-refractivity contribution in [3.05, 3.63) is 131 Å². The van der Waals surface area contributed by atoms with Crippen molar-refractivity contribution in [1.82, 2.24) is 8.61 Å². The van der Waals surface area contributed by atoms with Crippen LogP contribution in [0, 0.1) is 0 Å². The molecule has 1 fully saturated rings. The van der Waals surface area contributed by atoms with Gasteiger partial charge in [-0.25, -0.2) is 0 Å². The summed E-state index contributed by atoms with van der Waals surface area (Å²) in [6.07, 6.45) is -3.21. The third-order valence-corrected chi connectivity index (χ3v) is 10.5. The Hall–Kier alpha value is -4.79. The van der Waals surface area contributed by atoms with Crippen LogP contribution >= 0.6 is 0 Å². The number of aliphatic hydroxyl groups is 2. The largest absolute Gasteiger partial charge is 0.492 e. The molecule has 4 N–H and O–H groups in total. The molecule has 1 aliphatic rings. The van der Waals surface area contributed by atoms with Crippen LogP contribution in [-0.2, 0) is 23.3 Å². The molecule has 1 saturated heterocycles. The van der Waals surface area contributed by atoms with E-state index in [2.05, 4.69) is 10.3 Å². The zero-order valence-electron chi connectivity index (χ0n) is 27.1. The lowest BCUT2D eigenvalue weighted by molar-refractivity contribution is -0.0565. The fourth-order valence-electron chi connectivity index (χ4n) is 5.70. The van der Waals surface area contributed by atoms with E-state index in [1.807, 2.05) is 12.1 Å². The highest BCUT2D eigenvalue weighted by atomic mass is 32.2. The van der Waals surface area contributed by atoms with Gasteiger partial charge in [-0.1, -0.05) is 83.1 Å². The van der Waals surface area contributed by atoms with Gasteiger partial charge in [-0.3, -0.25) is 0 Å². The second-order valence-corrected chi connectivity index (χ2v) is 13.6. The summed E-state index contributed by atoms with van der Waals surface area (Å²) in [7, 11) is -4.52. The molecule has 4 aromatic rings. The monoisotopic (exact) mass is 688 g/mol. The summed E-state index contributed by atoms with van der Waals surface area (Å²) < 4.78 is 44.3. The lowest BCUT2D eigenvalue weighted by atomic mass is 9.98. The van der Waals surface area contributed by atoms with Gasteiger partial charge in [0.05, 0.1) is 23.5 Å². The van der Waals surface area contributed by atoms with Crippen LogP contribution in [0.2, 0.25) is 0 Å². The second kappa shape index (κ2) is 16.1. The molecular formula is C36H40N4O8S. The van der Waals surface area contributed by atoms with Crippen LogP contribution in [0.15, 0.2) is 120 Å². The van der Waals surface area contributed by atoms with E-state index in [-0.39, 0.29) is 26.3 Å². The summed E-state index contributed by atoms with van der Waals surface area (Å²) in [6.45, 7) is 2.27. The average molecular weight is 689 g/mol. The van der Waals surface area contributed by atoms with Gasteiger partial charge in [0.15, 0.2) is 0 Å². The molecule has 12 nitrogen and oxygen atoms in total. The fourth-order valence-corrected chi connectivity index (χ4v) is 7.64. The zero-order chi connectivity index (χ0) is 35.0. The predicted octanol–water partition coefficient (Wildman–Crippen LogP) is 4.26. The first kappa shape index (κ1) is 35.5. The first-order valence-electron chi connectivity index (χ1n) is 15.7. The van der Waals surface area contributed by atoms with Crippen LogP contribution in [0.25, 0.3) is 0 Å². The minimum absolute atomic E-state index is 0.208. The Balaban J connectivity index is 1.61. The maximum Gasteiger partial charge on any atom is 0.283 e. The van der Waals surface area contributed by atoms with Crippen LogP contribution in [-0.4, -0.2) is 86.6 Å². The Kier molecular flexibility index (Phi) is 11.6. The molecule has 0 saturated carbocycles. The predicted molar refractivity (Wildman–Crippen MR) is 184 cm³/mol. The molecule has 4 atom stereocenters. The molecule has 13 heteroatoms. The molecule has 0 amide bonds. The number of para-hydroxylation sites is 2. The number of rotatable bonds is 12. The van der Waals surface area contributed by atoms with Gasteiger partial charge < -0.3 is 30.1 Å². The summed E-state index contributed by atoms with van der Waals surface area (Å²) in [6, 6.07) is 28.9. The van der Waals surface area contributed by atoms with Crippen LogP contribution in [0.4, 0.5) is 0 Å². The molecule has 0 aliphatic carbocycles. The van der Waals surface area contributed by atoms with Gasteiger partial charge in [0.2, 0.25) is 0 Å². The average Bonchev–Trinajstić information content (AvgIpc) is 3.18. The minimum Gasteiger partial charge on any atom is -0.492 e. The summed E-state index contributed by atoms with van der Waals surface area (Å²) >= 11 is 0. The third kappa shape index (κ3) is 8.45. The van der Waals surface area contributed by atoms with Gasteiger partial charge in [0, 0.05) is 13.1 Å². The highest BCUT2D eigenvalue weighted by molar-refractivity contribution is 7.86. The van der Waals surface area contributed by atoms with Crippen molar-refractivity contribution in [3.63, 3.8) is 0 Å². The Labute approximate surface area is 285 Å². The Morgan fingerprint density at radius 1 is 0.633 bits per heavy atom. The molecule has 0 radical (unpaired) electrons. The molecule has 0 spiro atoms. The van der Waals surface area contributed by atoms with E-state index in [9.17, 15) is 20.6 Å². The number of nitrogens with zero attached hydrogens (tertiary/aromatic N) is 4. The van der Waals surface area contributed by atoms with Crippen molar-refractivity contribution in [3.8, 4) is 11.5 Å². The smallest absolute Gasteiger partial charge is 0.283 e. The van der Waals surface area contributed by atoms with Crippen molar-refractivity contribution >= 4 is 21.6 Å². The van der Waals surface area contributed by atoms with Gasteiger partial charge in [-0.15, -0.1) is 0 Å². The number of ether oxygens (including phenoxy) is 2. The van der Waals surface area contributed by atoms with Crippen molar-refractivity contribution in [2.24, 2.45) is 10.3 Å². The molecule has 0 bridgehead atoms. The maximum absolute atomic E-state index is 15.0. The Morgan fingerprint density at radius 3 is 1.39 bits per heavy atom. The zero-order valence-corrected chi connectivity index (χ0v) is 28.0. The van der Waals surface area contributed by atoms with Crippen molar-refractivity contribution < 1.29 is 38.5 Å². The minimum atomic E-state index is -4.52. The lowest BCUT2D eigenvalue weighted by Gasteiger charge is -2.34. The van der Waals surface area contributed by atoms with Crippen molar-refractivity contribution in [1.29, 1.82) is 0 Å². The van der Waals surface area contributed by atoms with Crippen LogP contribution < -0.4 is 9.47 Å². The first-order valence-corrected chi connectivity index (χ1v) is 17.1. The maximum atomic E-state index is 15.0. The van der Waals surface area contributed by atoms with Crippen LogP contribution in [0.5, 0.6) is 11.5 Å². The van der Waals surface area contributed by atoms with E-state index in [0.717, 1.165) is 8.61 Å². The fraction of sp³-hybridized carbons (Fsp3) is 0.278. The number of hydrogen-bond acceptors (Lipinski definition) is 10. The van der Waals surface area contributed by atoms with E-state index >= 15 is 8.42 Å². The number of aliphatic hydroxyl groups excluding tert-OH is 2. The van der Waals surface area contributed by atoms with Crippen molar-refractivity contribution in [2.75, 3.05) is 13.2 Å². The van der Waals surface area contributed by atoms with E-state index in [1.165, 1.54) is 0 Å². The molecule has 1 aliphatic heterocycles. The highest BCUT2D eigenvalue weighted by Crippen LogP contribution is 2.32. The van der Waals surface area contributed by atoms with E-state index in [4.69, 9.17) is 9.47 Å². The molecule has 0 aromatic heterocycles. The molecule has 258 valence electrons. The molecule has 4 aromatic carbocycles. The number of hydrogen-bond donors (Lipinski definition) is 4. The standard InChI is InChI=1S/C36H40N4O8S/c1-25(37-43)29-13-9-11-27(19-29)21-39-33(23-47-31-15-5-3-6-16-31)35(41)36(42)34(24-48-32-17-7-4-8-18-32)40(49(39,45)46)22-28-12-10-14-30(20-28)26(2)38-44/h3-20,33-36,41-44H,21-24H2,1-2H3/b37-25-,38-26+/t33-,34-,35+,36+/m0/s1. The topological polar surface area (TPSA) is 165 Å². The number of benzene rings is 4. The third-order valence-electron chi connectivity index (χ3n) is 8.47. The van der Waals surface area contributed by atoms with Gasteiger partial charge in [0.1, 0.15) is 36.9 Å². The van der Waals surface area contributed by atoms with Gasteiger partial charge in [-0.2, -0.15) is 17.0 Å².